The van der Waals surface area contributed by atoms with E-state index in [9.17, 15) is 43.5 Å². The Morgan fingerprint density at radius 3 is 2.14 bits per heavy atom. The Morgan fingerprint density at radius 2 is 1.51 bits per heavy atom. The number of nitrogens with two attached hydrogens (primary N) is 1. The van der Waals surface area contributed by atoms with Crippen molar-refractivity contribution in [2.24, 2.45) is 5.73 Å². The first-order valence-corrected chi connectivity index (χ1v) is 16.5. The zero-order chi connectivity index (χ0) is 36.6. The number of nitrogens with one attached hydrogen (secondary N) is 6. The van der Waals surface area contributed by atoms with Crippen molar-refractivity contribution in [2.45, 2.75) is 51.0 Å². The summed E-state index contributed by atoms with van der Waals surface area (Å²) in [5, 5.41) is 32.8. The number of benzene rings is 1. The third kappa shape index (κ3) is 20.3. The third-order valence-electron chi connectivity index (χ3n) is 6.47. The van der Waals surface area contributed by atoms with Crippen LogP contribution in [0.3, 0.4) is 0 Å². The van der Waals surface area contributed by atoms with Gasteiger partial charge in [-0.25, -0.2) is 0 Å². The summed E-state index contributed by atoms with van der Waals surface area (Å²) < 4.78 is 5.00. The lowest BCUT2D eigenvalue weighted by Gasteiger charge is -2.19. The van der Waals surface area contributed by atoms with Crippen molar-refractivity contribution >= 4 is 77.0 Å². The van der Waals surface area contributed by atoms with Crippen LogP contribution in [0.5, 0.6) is 0 Å². The molecule has 0 aromatic heterocycles. The van der Waals surface area contributed by atoms with Crippen molar-refractivity contribution in [1.29, 1.82) is 0 Å². The lowest BCUT2D eigenvalue weighted by Crippen LogP contribution is -2.50. The normalized spacial score (nSPS) is 11.6. The Labute approximate surface area is 288 Å². The minimum Gasteiger partial charge on any atom is -0.480 e. The quantitative estimate of drug-likeness (QED) is 0.0304. The predicted octanol–water partition coefficient (Wildman–Crippen LogP) is -2.53. The molecule has 0 aliphatic heterocycles. The summed E-state index contributed by atoms with van der Waals surface area (Å²) in [5.41, 5.74) is 6.86. The molecule has 10 N–H and O–H groups in total. The lowest BCUT2D eigenvalue weighted by molar-refractivity contribution is -0.145. The predicted molar refractivity (Wildman–Crippen MR) is 182 cm³/mol. The van der Waals surface area contributed by atoms with Crippen LogP contribution in [0.4, 0.5) is 10.5 Å². The summed E-state index contributed by atoms with van der Waals surface area (Å²) in [6.45, 7) is 1.42. The van der Waals surface area contributed by atoms with Gasteiger partial charge in [-0.1, -0.05) is 36.2 Å². The SMILES string of the molecule is CBc1ccc(NC(=O)SCC(NC(=O)CCC(NCCC(=O)OCCNC(=O)CCNC(=O)CCN)C(=O)O)C(=O)NCC(=O)O)cc1. The fourth-order valence-electron chi connectivity index (χ4n) is 3.86. The van der Waals surface area contributed by atoms with Crippen molar-refractivity contribution in [3.8, 4) is 0 Å². The summed E-state index contributed by atoms with van der Waals surface area (Å²) in [7, 11) is 0.819. The molecule has 0 aliphatic rings. The summed E-state index contributed by atoms with van der Waals surface area (Å²) in [6.07, 6.45) is -0.588. The van der Waals surface area contributed by atoms with Gasteiger partial charge in [-0.3, -0.25) is 38.4 Å². The number of aliphatic carboxylic acids is 2. The molecule has 18 nitrogen and oxygen atoms in total. The van der Waals surface area contributed by atoms with E-state index in [0.29, 0.717) is 17.4 Å². The minimum absolute atomic E-state index is 0.0338. The average molecular weight is 710 g/mol. The number of ether oxygens (including phenoxy) is 1. The van der Waals surface area contributed by atoms with Crippen LogP contribution < -0.4 is 43.1 Å². The molecule has 0 spiro atoms. The molecule has 0 fully saturated rings. The fraction of sp³-hybridized carbons (Fsp3) is 0.517. The number of carbonyl (C=O) groups is 8. The number of carboxylic acids is 2. The van der Waals surface area contributed by atoms with Gasteiger partial charge in [0.25, 0.3) is 5.24 Å². The molecule has 20 heteroatoms. The first-order chi connectivity index (χ1) is 23.3. The van der Waals surface area contributed by atoms with Crippen LogP contribution in [0.25, 0.3) is 0 Å². The minimum atomic E-state index is -1.32. The van der Waals surface area contributed by atoms with E-state index in [4.69, 9.17) is 15.6 Å². The van der Waals surface area contributed by atoms with Gasteiger partial charge in [0.05, 0.1) is 13.0 Å². The fourth-order valence-corrected chi connectivity index (χ4v) is 4.60. The number of carboxylic acid groups (broad SMARTS) is 2. The van der Waals surface area contributed by atoms with E-state index >= 15 is 0 Å². The Hall–Kier alpha value is -4.69. The van der Waals surface area contributed by atoms with E-state index in [1.54, 1.807) is 12.1 Å². The first-order valence-electron chi connectivity index (χ1n) is 15.5. The second kappa shape index (κ2) is 24.5. The molecule has 2 atom stereocenters. The zero-order valence-electron chi connectivity index (χ0n) is 27.2. The maximum atomic E-state index is 12.6. The smallest absolute Gasteiger partial charge is 0.322 e. The molecular formula is C29H44BN7O11S. The number of rotatable bonds is 24. The Balaban J connectivity index is 2.48. The topological polar surface area (TPSA) is 284 Å². The van der Waals surface area contributed by atoms with Gasteiger partial charge in [0, 0.05) is 50.3 Å². The van der Waals surface area contributed by atoms with E-state index < -0.39 is 53.6 Å². The van der Waals surface area contributed by atoms with Gasteiger partial charge in [-0.2, -0.15) is 0 Å². The van der Waals surface area contributed by atoms with E-state index in [2.05, 4.69) is 31.9 Å². The molecule has 2 unspecified atom stereocenters. The van der Waals surface area contributed by atoms with Gasteiger partial charge in [0.1, 0.15) is 25.2 Å². The molecule has 0 saturated carbocycles. The largest absolute Gasteiger partial charge is 0.480 e. The van der Waals surface area contributed by atoms with Crippen molar-refractivity contribution < 1.29 is 53.3 Å². The van der Waals surface area contributed by atoms with Gasteiger partial charge in [0.15, 0.2) is 7.28 Å². The van der Waals surface area contributed by atoms with Crippen LogP contribution in [0.1, 0.15) is 32.1 Å². The van der Waals surface area contributed by atoms with Crippen LogP contribution in [0.15, 0.2) is 24.3 Å². The van der Waals surface area contributed by atoms with Crippen molar-refractivity contribution in [2.75, 3.05) is 50.4 Å². The van der Waals surface area contributed by atoms with Gasteiger partial charge in [0.2, 0.25) is 23.6 Å². The molecule has 1 aromatic carbocycles. The molecule has 0 bridgehead atoms. The molecule has 0 heterocycles. The molecule has 5 amide bonds. The lowest BCUT2D eigenvalue weighted by atomic mass is 9.73. The van der Waals surface area contributed by atoms with Crippen molar-refractivity contribution in [1.82, 2.24) is 26.6 Å². The molecule has 49 heavy (non-hydrogen) atoms. The Bertz CT molecular complexity index is 1290. The number of anilines is 1. The van der Waals surface area contributed by atoms with E-state index in [-0.39, 0.29) is 82.5 Å². The van der Waals surface area contributed by atoms with Crippen LogP contribution in [-0.4, -0.2) is 121 Å². The van der Waals surface area contributed by atoms with E-state index in [1.165, 1.54) is 0 Å². The molecule has 0 aliphatic carbocycles. The zero-order valence-corrected chi connectivity index (χ0v) is 28.0. The van der Waals surface area contributed by atoms with Crippen LogP contribution in [0, 0.1) is 0 Å². The third-order valence-corrected chi connectivity index (χ3v) is 7.33. The van der Waals surface area contributed by atoms with Gasteiger partial charge >= 0.3 is 17.9 Å². The van der Waals surface area contributed by atoms with Crippen LogP contribution in [0.2, 0.25) is 6.82 Å². The summed E-state index contributed by atoms with van der Waals surface area (Å²) in [5.74, 6) is -5.70. The van der Waals surface area contributed by atoms with Crippen molar-refractivity contribution in [3.63, 3.8) is 0 Å². The standard InChI is InChI=1S/C29H44BN7O11S/c1-30-18-2-4-19(5-3-18)36-29(47)49-17-21(27(44)35-16-25(41)42)37-24(40)7-6-20(28(45)46)32-13-10-26(43)48-15-14-34-23(39)9-12-33-22(38)8-11-31/h2-5,20-21,30,32H,6-17,31H2,1H3,(H,33,38)(H,34,39)(H,35,44)(H,36,47)(H,37,40)(H,41,42)(H,45,46). The van der Waals surface area contributed by atoms with Gasteiger partial charge in [-0.05, 0) is 18.6 Å². The molecule has 0 saturated heterocycles. The van der Waals surface area contributed by atoms with Crippen LogP contribution >= 0.6 is 11.8 Å². The highest BCUT2D eigenvalue weighted by atomic mass is 32.2. The average Bonchev–Trinajstić information content (AvgIpc) is 3.05. The van der Waals surface area contributed by atoms with E-state index in [1.807, 2.05) is 19.0 Å². The first kappa shape index (κ1) is 42.3. The second-order valence-electron chi connectivity index (χ2n) is 10.3. The second-order valence-corrected chi connectivity index (χ2v) is 11.3. The summed E-state index contributed by atoms with van der Waals surface area (Å²) in [6, 6.07) is 4.58. The summed E-state index contributed by atoms with van der Waals surface area (Å²) >= 11 is 0.689. The monoisotopic (exact) mass is 709 g/mol. The molecular weight excluding hydrogens is 665 g/mol. The number of hydrogen-bond acceptors (Lipinski definition) is 12. The highest BCUT2D eigenvalue weighted by Gasteiger charge is 2.25. The van der Waals surface area contributed by atoms with Crippen molar-refractivity contribution in [3.05, 3.63) is 24.3 Å². The Morgan fingerprint density at radius 1 is 0.837 bits per heavy atom. The molecule has 1 aromatic rings. The molecule has 1 rings (SSSR count). The summed E-state index contributed by atoms with van der Waals surface area (Å²) in [4.78, 5) is 95.3. The highest BCUT2D eigenvalue weighted by molar-refractivity contribution is 8.13. The Kier molecular flexibility index (Phi) is 21.1. The van der Waals surface area contributed by atoms with E-state index in [0.717, 1.165) is 12.7 Å². The maximum Gasteiger partial charge on any atom is 0.322 e. The number of carbonyl (C=O) groups excluding carboxylic acids is 6. The van der Waals surface area contributed by atoms with Crippen LogP contribution in [-0.2, 0) is 38.3 Å². The maximum absolute atomic E-state index is 12.6. The van der Waals surface area contributed by atoms with Gasteiger partial charge < -0.3 is 52.6 Å². The van der Waals surface area contributed by atoms with Gasteiger partial charge in [-0.15, -0.1) is 0 Å². The molecule has 0 radical (unpaired) electrons. The number of thioether (sulfide) groups is 1. The number of hydrogen-bond donors (Lipinski definition) is 9. The number of esters is 1. The molecule has 270 valence electrons. The number of amides is 5. The highest BCUT2D eigenvalue weighted by Crippen LogP contribution is 2.12.